The lowest BCUT2D eigenvalue weighted by Crippen LogP contribution is -2.00. The largest absolute Gasteiger partial charge is 0.288 e. The fourth-order valence-corrected chi connectivity index (χ4v) is 2.57. The van der Waals surface area contributed by atoms with E-state index in [4.69, 9.17) is 11.6 Å². The van der Waals surface area contributed by atoms with Crippen LogP contribution in [0.4, 0.5) is 0 Å². The normalized spacial score (nSPS) is 10.4. The van der Waals surface area contributed by atoms with Gasteiger partial charge in [-0.05, 0) is 26.0 Å². The predicted molar refractivity (Wildman–Crippen MR) is 66.5 cm³/mol. The topological polar surface area (TPSA) is 30.0 Å². The summed E-state index contributed by atoms with van der Waals surface area (Å²) in [7, 11) is 0. The second kappa shape index (κ2) is 4.36. The number of thiazole rings is 1. The molecule has 0 aliphatic rings. The van der Waals surface area contributed by atoms with Crippen LogP contribution in [0.5, 0.6) is 0 Å². The molecule has 2 aromatic rings. The molecule has 1 aromatic carbocycles. The van der Waals surface area contributed by atoms with Crippen LogP contribution in [-0.4, -0.2) is 10.8 Å². The van der Waals surface area contributed by atoms with Crippen molar-refractivity contribution in [2.45, 2.75) is 13.8 Å². The average molecular weight is 252 g/mol. The van der Waals surface area contributed by atoms with Gasteiger partial charge < -0.3 is 0 Å². The van der Waals surface area contributed by atoms with Crippen LogP contribution >= 0.6 is 22.9 Å². The number of nitrogens with zero attached hydrogens (tertiary/aromatic N) is 1. The zero-order chi connectivity index (χ0) is 11.7. The number of hydrogen-bond acceptors (Lipinski definition) is 3. The summed E-state index contributed by atoms with van der Waals surface area (Å²) >= 11 is 7.28. The zero-order valence-electron chi connectivity index (χ0n) is 8.95. The van der Waals surface area contributed by atoms with Gasteiger partial charge in [0.05, 0.1) is 15.6 Å². The summed E-state index contributed by atoms with van der Waals surface area (Å²) in [4.78, 5) is 17.1. The molecular formula is C12H10ClNOS. The van der Waals surface area contributed by atoms with E-state index >= 15 is 0 Å². The van der Waals surface area contributed by atoms with Crippen LogP contribution in [0.3, 0.4) is 0 Å². The second-order valence-electron chi connectivity index (χ2n) is 3.49. The van der Waals surface area contributed by atoms with Gasteiger partial charge in [0, 0.05) is 10.6 Å². The van der Waals surface area contributed by atoms with Gasteiger partial charge in [0.25, 0.3) is 0 Å². The minimum Gasteiger partial charge on any atom is -0.288 e. The molecular weight excluding hydrogens is 242 g/mol. The monoisotopic (exact) mass is 251 g/mol. The minimum absolute atomic E-state index is 0.00870. The fourth-order valence-electron chi connectivity index (χ4n) is 1.50. The second-order valence-corrected chi connectivity index (χ2v) is 5.13. The quantitative estimate of drug-likeness (QED) is 0.763. The van der Waals surface area contributed by atoms with Crippen LogP contribution in [0, 0.1) is 13.8 Å². The molecule has 16 heavy (non-hydrogen) atoms. The molecule has 0 aliphatic heterocycles. The van der Waals surface area contributed by atoms with E-state index in [1.807, 2.05) is 13.8 Å². The summed E-state index contributed by atoms with van der Waals surface area (Å²) in [5.74, 6) is -0.00870. The fraction of sp³-hybridized carbons (Fsp3) is 0.167. The molecule has 0 bridgehead atoms. The number of carbonyl (C=O) groups is 1. The van der Waals surface area contributed by atoms with Gasteiger partial charge in [-0.25, -0.2) is 4.98 Å². The van der Waals surface area contributed by atoms with E-state index in [2.05, 4.69) is 4.98 Å². The Balaban J connectivity index is 2.43. The van der Waals surface area contributed by atoms with Crippen molar-refractivity contribution in [2.75, 3.05) is 0 Å². The Morgan fingerprint density at radius 3 is 2.69 bits per heavy atom. The van der Waals surface area contributed by atoms with Crippen LogP contribution in [-0.2, 0) is 0 Å². The lowest BCUT2D eigenvalue weighted by molar-refractivity contribution is 0.104. The van der Waals surface area contributed by atoms with Crippen LogP contribution in [0.15, 0.2) is 24.3 Å². The van der Waals surface area contributed by atoms with Crippen molar-refractivity contribution >= 4 is 28.7 Å². The highest BCUT2D eigenvalue weighted by Crippen LogP contribution is 2.22. The maximum absolute atomic E-state index is 12.1. The third kappa shape index (κ3) is 2.15. The number of carbonyl (C=O) groups excluding carboxylic acids is 1. The molecule has 0 aliphatic carbocycles. The smallest absolute Gasteiger partial charge is 0.204 e. The maximum atomic E-state index is 12.1. The summed E-state index contributed by atoms with van der Waals surface area (Å²) in [6.07, 6.45) is 0. The van der Waals surface area contributed by atoms with E-state index in [-0.39, 0.29) is 5.78 Å². The molecule has 0 spiro atoms. The van der Waals surface area contributed by atoms with E-state index in [1.165, 1.54) is 11.3 Å². The van der Waals surface area contributed by atoms with Gasteiger partial charge in [-0.2, -0.15) is 0 Å². The van der Waals surface area contributed by atoms with Crippen LogP contribution in [0.1, 0.15) is 25.9 Å². The number of rotatable bonds is 2. The first-order chi connectivity index (χ1) is 7.58. The summed E-state index contributed by atoms with van der Waals surface area (Å²) < 4.78 is 0. The van der Waals surface area contributed by atoms with Gasteiger partial charge >= 0.3 is 0 Å². The van der Waals surface area contributed by atoms with Crippen molar-refractivity contribution in [1.29, 1.82) is 0 Å². The molecule has 2 rings (SSSR count). The molecule has 0 amide bonds. The van der Waals surface area contributed by atoms with Gasteiger partial charge in [0.1, 0.15) is 0 Å². The van der Waals surface area contributed by atoms with Crippen molar-refractivity contribution in [3.8, 4) is 0 Å². The molecule has 0 radical (unpaired) electrons. The summed E-state index contributed by atoms with van der Waals surface area (Å²) in [5.41, 5.74) is 1.40. The van der Waals surface area contributed by atoms with Crippen molar-refractivity contribution in [3.63, 3.8) is 0 Å². The Kier molecular flexibility index (Phi) is 3.08. The van der Waals surface area contributed by atoms with Gasteiger partial charge in [-0.15, -0.1) is 11.3 Å². The lowest BCUT2D eigenvalue weighted by atomic mass is 10.1. The third-order valence-electron chi connectivity index (χ3n) is 2.20. The first kappa shape index (κ1) is 11.3. The summed E-state index contributed by atoms with van der Waals surface area (Å²) in [5, 5.41) is 1.48. The Morgan fingerprint density at radius 1 is 1.38 bits per heavy atom. The van der Waals surface area contributed by atoms with Gasteiger partial charge in [-0.3, -0.25) is 4.79 Å². The Hall–Kier alpha value is -1.19. The van der Waals surface area contributed by atoms with Crippen molar-refractivity contribution in [1.82, 2.24) is 4.98 Å². The molecule has 1 heterocycles. The van der Waals surface area contributed by atoms with Crippen LogP contribution in [0.25, 0.3) is 0 Å². The van der Waals surface area contributed by atoms with E-state index in [0.29, 0.717) is 15.5 Å². The highest BCUT2D eigenvalue weighted by molar-refractivity contribution is 7.14. The molecule has 0 N–H and O–H groups in total. The number of halogens is 1. The lowest BCUT2D eigenvalue weighted by Gasteiger charge is -1.99. The minimum atomic E-state index is -0.00870. The molecule has 0 atom stereocenters. The van der Waals surface area contributed by atoms with Crippen LogP contribution < -0.4 is 0 Å². The maximum Gasteiger partial charge on any atom is 0.204 e. The van der Waals surface area contributed by atoms with Crippen molar-refractivity contribution in [3.05, 3.63) is 50.4 Å². The van der Waals surface area contributed by atoms with E-state index in [9.17, 15) is 4.79 Å². The molecule has 82 valence electrons. The number of hydrogen-bond donors (Lipinski definition) is 0. The van der Waals surface area contributed by atoms with Gasteiger partial charge in [0.2, 0.25) is 5.78 Å². The van der Waals surface area contributed by atoms with Crippen molar-refractivity contribution in [2.24, 2.45) is 0 Å². The molecule has 0 saturated heterocycles. The molecule has 0 saturated carbocycles. The zero-order valence-corrected chi connectivity index (χ0v) is 10.5. The number of aryl methyl sites for hydroxylation is 2. The highest BCUT2D eigenvalue weighted by Gasteiger charge is 2.15. The van der Waals surface area contributed by atoms with Crippen LogP contribution in [0.2, 0.25) is 5.02 Å². The molecule has 1 aromatic heterocycles. The van der Waals surface area contributed by atoms with Crippen molar-refractivity contribution < 1.29 is 4.79 Å². The predicted octanol–water partition coefficient (Wildman–Crippen LogP) is 3.64. The van der Waals surface area contributed by atoms with E-state index in [0.717, 1.165) is 10.7 Å². The standard InChI is InChI=1S/C12H10ClNOS/c1-7-12(16-8(2)14-7)11(15)9-4-3-5-10(13)6-9/h3-6H,1-2H3. The van der Waals surface area contributed by atoms with E-state index < -0.39 is 0 Å². The first-order valence-electron chi connectivity index (χ1n) is 4.82. The molecule has 0 unspecified atom stereocenters. The summed E-state index contributed by atoms with van der Waals surface area (Å²) in [6, 6.07) is 6.98. The average Bonchev–Trinajstić information content (AvgIpc) is 2.57. The van der Waals surface area contributed by atoms with E-state index in [1.54, 1.807) is 24.3 Å². The third-order valence-corrected chi connectivity index (χ3v) is 3.50. The number of benzene rings is 1. The Bertz CT molecular complexity index is 548. The van der Waals surface area contributed by atoms with Gasteiger partial charge in [0.15, 0.2) is 0 Å². The molecule has 4 heteroatoms. The number of aromatic nitrogens is 1. The highest BCUT2D eigenvalue weighted by atomic mass is 35.5. The summed E-state index contributed by atoms with van der Waals surface area (Å²) in [6.45, 7) is 3.74. The first-order valence-corrected chi connectivity index (χ1v) is 6.01. The molecule has 2 nitrogen and oxygen atoms in total. The Labute approximate surface area is 103 Å². The number of ketones is 1. The SMILES string of the molecule is Cc1nc(C)c(C(=O)c2cccc(Cl)c2)s1. The van der Waals surface area contributed by atoms with Gasteiger partial charge in [-0.1, -0.05) is 23.7 Å². The molecule has 0 fully saturated rings. The Morgan fingerprint density at radius 2 is 2.12 bits per heavy atom.